The molecule has 0 bridgehead atoms. The summed E-state index contributed by atoms with van der Waals surface area (Å²) in [4.78, 5) is 17.9. The van der Waals surface area contributed by atoms with E-state index in [1.807, 2.05) is 36.4 Å². The second kappa shape index (κ2) is 16.2. The van der Waals surface area contributed by atoms with E-state index >= 15 is 0 Å². The van der Waals surface area contributed by atoms with E-state index in [0.29, 0.717) is 17.5 Å². The number of rotatable bonds is 8. The van der Waals surface area contributed by atoms with E-state index in [2.05, 4.69) is 223 Å². The van der Waals surface area contributed by atoms with Crippen LogP contribution in [0.5, 0.6) is 0 Å². The number of hydrogen-bond acceptors (Lipinski definition) is 4. The Hall–Kier alpha value is -8.99. The zero-order valence-electron chi connectivity index (χ0n) is 37.0. The van der Waals surface area contributed by atoms with Crippen molar-refractivity contribution in [1.29, 1.82) is 0 Å². The van der Waals surface area contributed by atoms with E-state index in [-0.39, 0.29) is 0 Å². The van der Waals surface area contributed by atoms with E-state index in [0.717, 1.165) is 44.9 Å². The largest absolute Gasteiger partial charge is 0.310 e. The van der Waals surface area contributed by atoms with Crippen molar-refractivity contribution in [3.05, 3.63) is 277 Å². The Labute approximate surface area is 396 Å². The molecule has 13 rings (SSSR count). The summed E-state index contributed by atoms with van der Waals surface area (Å²) in [5.41, 5.74) is 20.0. The van der Waals surface area contributed by atoms with E-state index in [9.17, 15) is 0 Å². The number of hydrogen-bond donors (Lipinski definition) is 0. The van der Waals surface area contributed by atoms with E-state index in [4.69, 9.17) is 15.0 Å². The Morgan fingerprint density at radius 2 is 0.632 bits per heavy atom. The number of aromatic nitrogens is 3. The highest BCUT2D eigenvalue weighted by Crippen LogP contribution is 2.64. The number of nitrogens with zero attached hydrogens (tertiary/aromatic N) is 4. The van der Waals surface area contributed by atoms with Crippen molar-refractivity contribution in [3.8, 4) is 78.7 Å². The quantitative estimate of drug-likeness (QED) is 0.153. The van der Waals surface area contributed by atoms with Crippen LogP contribution >= 0.6 is 0 Å². The molecule has 0 atom stereocenters. The first-order valence-electron chi connectivity index (χ1n) is 23.2. The normalized spacial score (nSPS) is 12.5. The zero-order valence-corrected chi connectivity index (χ0v) is 37.0. The van der Waals surface area contributed by atoms with E-state index < -0.39 is 5.41 Å². The molecule has 4 nitrogen and oxygen atoms in total. The third kappa shape index (κ3) is 6.34. The van der Waals surface area contributed by atoms with Gasteiger partial charge in [0, 0.05) is 33.6 Å². The molecule has 68 heavy (non-hydrogen) atoms. The van der Waals surface area contributed by atoms with Crippen LogP contribution in [0.15, 0.2) is 255 Å². The predicted molar refractivity (Wildman–Crippen MR) is 278 cm³/mol. The monoisotopic (exact) mass is 866 g/mol. The molecule has 2 aliphatic rings. The highest BCUT2D eigenvalue weighted by atomic mass is 15.1. The van der Waals surface area contributed by atoms with Gasteiger partial charge in [0.1, 0.15) is 0 Å². The van der Waals surface area contributed by atoms with Gasteiger partial charge in [-0.25, -0.2) is 15.0 Å². The van der Waals surface area contributed by atoms with Crippen molar-refractivity contribution in [1.82, 2.24) is 15.0 Å². The lowest BCUT2D eigenvalue weighted by atomic mass is 9.70. The van der Waals surface area contributed by atoms with Crippen LogP contribution < -0.4 is 4.90 Å². The summed E-state index contributed by atoms with van der Waals surface area (Å²) >= 11 is 0. The lowest BCUT2D eigenvalue weighted by Gasteiger charge is -2.33. The van der Waals surface area contributed by atoms with Gasteiger partial charge in [0.25, 0.3) is 0 Å². The highest BCUT2D eigenvalue weighted by molar-refractivity contribution is 5.98. The van der Waals surface area contributed by atoms with Crippen LogP contribution in [0.2, 0.25) is 0 Å². The highest BCUT2D eigenvalue weighted by Gasteiger charge is 2.52. The van der Waals surface area contributed by atoms with Crippen molar-refractivity contribution < 1.29 is 0 Å². The molecule has 0 radical (unpaired) electrons. The Kier molecular flexibility index (Phi) is 9.36. The molecular weight excluding hydrogens is 825 g/mol. The third-order valence-electron chi connectivity index (χ3n) is 13.8. The van der Waals surface area contributed by atoms with Crippen LogP contribution in [-0.2, 0) is 5.41 Å². The Bertz CT molecular complexity index is 3560. The van der Waals surface area contributed by atoms with Crippen molar-refractivity contribution >= 4 is 17.1 Å². The molecule has 0 N–H and O–H groups in total. The molecule has 0 amide bonds. The summed E-state index contributed by atoms with van der Waals surface area (Å²) in [7, 11) is 0. The molecule has 0 aliphatic heterocycles. The van der Waals surface area contributed by atoms with Crippen LogP contribution in [0.3, 0.4) is 0 Å². The molecule has 0 saturated carbocycles. The second-order valence-corrected chi connectivity index (χ2v) is 17.5. The lowest BCUT2D eigenvalue weighted by Crippen LogP contribution is -2.26. The summed E-state index contributed by atoms with van der Waals surface area (Å²) in [5, 5.41) is 0. The van der Waals surface area contributed by atoms with Gasteiger partial charge in [0.15, 0.2) is 17.5 Å². The standard InChI is InChI=1S/C64H42N4/c1-5-19-43(20-6-1)44-33-36-49(37-34-44)68(60-32-18-15-27-51(60)45-21-7-2-8-22-45)50-38-40-55-54-39-35-48(63-66-61(46-23-9-3-10-24-46)65-62(67-63)47-25-11-4-12-26-47)41-58(54)64(59(55)42-50)56-30-16-13-28-52(56)53-29-14-17-31-57(53)64/h1-42H. The maximum atomic E-state index is 5.21. The Morgan fingerprint density at radius 1 is 0.250 bits per heavy atom. The summed E-state index contributed by atoms with van der Waals surface area (Å²) in [5.74, 6) is 1.91. The summed E-state index contributed by atoms with van der Waals surface area (Å²) < 4.78 is 0. The Morgan fingerprint density at radius 3 is 1.21 bits per heavy atom. The summed E-state index contributed by atoms with van der Waals surface area (Å²) in [6.07, 6.45) is 0. The average molecular weight is 867 g/mol. The first kappa shape index (κ1) is 39.4. The fraction of sp³-hybridized carbons (Fsp3) is 0.0156. The molecule has 0 saturated heterocycles. The van der Waals surface area contributed by atoms with Crippen LogP contribution in [-0.4, -0.2) is 15.0 Å². The van der Waals surface area contributed by atoms with Gasteiger partial charge in [-0.2, -0.15) is 0 Å². The average Bonchev–Trinajstić information content (AvgIpc) is 3.89. The second-order valence-electron chi connectivity index (χ2n) is 17.5. The number of fused-ring (bicyclic) bond motifs is 10. The molecule has 1 aromatic heterocycles. The van der Waals surface area contributed by atoms with Gasteiger partial charge in [-0.1, -0.05) is 218 Å². The number of benzene rings is 10. The predicted octanol–water partition coefficient (Wildman–Crippen LogP) is 16.0. The molecule has 4 heteroatoms. The van der Waals surface area contributed by atoms with Crippen LogP contribution in [0.4, 0.5) is 17.1 Å². The van der Waals surface area contributed by atoms with E-state index in [1.54, 1.807) is 0 Å². The van der Waals surface area contributed by atoms with Crippen molar-refractivity contribution in [2.24, 2.45) is 0 Å². The minimum absolute atomic E-state index is 0.634. The molecule has 0 fully saturated rings. The van der Waals surface area contributed by atoms with Crippen molar-refractivity contribution in [3.63, 3.8) is 0 Å². The number of anilines is 3. The lowest BCUT2D eigenvalue weighted by molar-refractivity contribution is 0.793. The van der Waals surface area contributed by atoms with Gasteiger partial charge in [-0.05, 0) is 97.6 Å². The fourth-order valence-corrected chi connectivity index (χ4v) is 10.7. The topological polar surface area (TPSA) is 41.9 Å². The van der Waals surface area contributed by atoms with Crippen LogP contribution in [0.25, 0.3) is 78.7 Å². The molecule has 1 spiro atoms. The van der Waals surface area contributed by atoms with E-state index in [1.165, 1.54) is 55.6 Å². The summed E-state index contributed by atoms with van der Waals surface area (Å²) in [6.45, 7) is 0. The van der Waals surface area contributed by atoms with Crippen molar-refractivity contribution in [2.75, 3.05) is 4.90 Å². The van der Waals surface area contributed by atoms with Gasteiger partial charge in [-0.15, -0.1) is 0 Å². The van der Waals surface area contributed by atoms with Gasteiger partial charge in [-0.3, -0.25) is 0 Å². The van der Waals surface area contributed by atoms with Crippen molar-refractivity contribution in [2.45, 2.75) is 5.41 Å². The molecular formula is C64H42N4. The smallest absolute Gasteiger partial charge is 0.164 e. The molecule has 10 aromatic carbocycles. The third-order valence-corrected chi connectivity index (χ3v) is 13.8. The van der Waals surface area contributed by atoms with Crippen LogP contribution in [0.1, 0.15) is 22.3 Å². The van der Waals surface area contributed by atoms with Gasteiger partial charge in [0.05, 0.1) is 11.1 Å². The maximum absolute atomic E-state index is 5.21. The first-order chi connectivity index (χ1) is 33.7. The Balaban J connectivity index is 1.04. The zero-order chi connectivity index (χ0) is 45.0. The van der Waals surface area contributed by atoms with Gasteiger partial charge < -0.3 is 4.90 Å². The molecule has 11 aromatic rings. The SMILES string of the molecule is c1ccc(-c2ccc(N(c3ccc4c(c3)C3(c5ccccc5-c5ccccc53)c3cc(-c5nc(-c6ccccc6)nc(-c6ccccc6)n5)ccc3-4)c3ccccc3-c3ccccc3)cc2)cc1. The van der Waals surface area contributed by atoms with Gasteiger partial charge in [0.2, 0.25) is 0 Å². The summed E-state index contributed by atoms with van der Waals surface area (Å²) in [6, 6.07) is 91.4. The minimum atomic E-state index is -0.636. The first-order valence-corrected chi connectivity index (χ1v) is 23.2. The van der Waals surface area contributed by atoms with Gasteiger partial charge >= 0.3 is 0 Å². The fourth-order valence-electron chi connectivity index (χ4n) is 10.7. The molecule has 0 unspecified atom stereocenters. The minimum Gasteiger partial charge on any atom is -0.310 e. The molecule has 2 aliphatic carbocycles. The maximum Gasteiger partial charge on any atom is 0.164 e. The van der Waals surface area contributed by atoms with Crippen LogP contribution in [0, 0.1) is 0 Å². The molecule has 318 valence electrons. The number of para-hydroxylation sites is 1. The molecule has 1 heterocycles.